The van der Waals surface area contributed by atoms with Crippen molar-refractivity contribution < 1.29 is 9.59 Å². The minimum atomic E-state index is -1.54. The van der Waals surface area contributed by atoms with Crippen LogP contribution in [-0.4, -0.2) is 11.7 Å². The number of amides is 1. The van der Waals surface area contributed by atoms with Gasteiger partial charge in [0.15, 0.2) is 5.78 Å². The first-order chi connectivity index (χ1) is 16.0. The highest BCUT2D eigenvalue weighted by molar-refractivity contribution is 6.20. The van der Waals surface area contributed by atoms with Crippen molar-refractivity contribution in [3.63, 3.8) is 0 Å². The number of hydrogen-bond acceptors (Lipinski definition) is 5. The third kappa shape index (κ3) is 2.86. The molecule has 172 valence electrons. The SMILES string of the molecule is Cc1cc(C)cc(N2C(N)=C(C#N)C3(C(=O)Nc4ccc(C)cc43)C3=C2CC(C)(C)CC3=O)c1. The van der Waals surface area contributed by atoms with E-state index in [0.29, 0.717) is 35.4 Å². The summed E-state index contributed by atoms with van der Waals surface area (Å²) in [5.41, 5.74) is 11.1. The van der Waals surface area contributed by atoms with Gasteiger partial charge in [0.2, 0.25) is 5.91 Å². The van der Waals surface area contributed by atoms with Crippen LogP contribution >= 0.6 is 0 Å². The number of nitrogens with two attached hydrogens (primary N) is 1. The van der Waals surface area contributed by atoms with E-state index in [0.717, 1.165) is 22.4 Å². The Morgan fingerprint density at radius 1 is 1.00 bits per heavy atom. The summed E-state index contributed by atoms with van der Waals surface area (Å²) < 4.78 is 0. The Bertz CT molecular complexity index is 1390. The fraction of sp³-hybridized carbons (Fsp3) is 0.321. The normalized spacial score (nSPS) is 23.1. The molecule has 1 amide bonds. The highest BCUT2D eigenvalue weighted by Crippen LogP contribution is 2.57. The molecule has 0 bridgehead atoms. The van der Waals surface area contributed by atoms with E-state index >= 15 is 0 Å². The Labute approximate surface area is 199 Å². The molecule has 34 heavy (non-hydrogen) atoms. The van der Waals surface area contributed by atoms with Gasteiger partial charge in [-0.25, -0.2) is 0 Å². The first-order valence-corrected chi connectivity index (χ1v) is 11.5. The lowest BCUT2D eigenvalue weighted by Gasteiger charge is -2.46. The van der Waals surface area contributed by atoms with Gasteiger partial charge in [-0.2, -0.15) is 5.26 Å². The van der Waals surface area contributed by atoms with Gasteiger partial charge in [0.1, 0.15) is 17.3 Å². The van der Waals surface area contributed by atoms with E-state index in [2.05, 4.69) is 17.5 Å². The van der Waals surface area contributed by atoms with Crippen molar-refractivity contribution in [3.8, 4) is 6.07 Å². The average molecular weight is 453 g/mol. The third-order valence-corrected chi connectivity index (χ3v) is 7.11. The zero-order valence-electron chi connectivity index (χ0n) is 20.2. The van der Waals surface area contributed by atoms with Crippen LogP contribution in [-0.2, 0) is 15.0 Å². The lowest BCUT2D eigenvalue weighted by Crippen LogP contribution is -2.52. The smallest absolute Gasteiger partial charge is 0.245 e. The van der Waals surface area contributed by atoms with Crippen molar-refractivity contribution in [2.24, 2.45) is 11.1 Å². The van der Waals surface area contributed by atoms with Crippen LogP contribution in [0.3, 0.4) is 0 Å². The summed E-state index contributed by atoms with van der Waals surface area (Å²) in [4.78, 5) is 29.5. The predicted octanol–water partition coefficient (Wildman–Crippen LogP) is 4.66. The number of Topliss-reactive ketones (excluding diaryl/α,β-unsaturated/α-hetero) is 1. The molecule has 2 aromatic carbocycles. The summed E-state index contributed by atoms with van der Waals surface area (Å²) in [5.74, 6) is -0.320. The number of carbonyl (C=O) groups excluding carboxylic acids is 2. The Morgan fingerprint density at radius 3 is 2.32 bits per heavy atom. The first kappa shape index (κ1) is 22.0. The number of nitriles is 1. The maximum atomic E-state index is 13.9. The molecule has 1 unspecified atom stereocenters. The largest absolute Gasteiger partial charge is 0.384 e. The number of anilines is 2. The van der Waals surface area contributed by atoms with Crippen LogP contribution in [0, 0.1) is 37.5 Å². The summed E-state index contributed by atoms with van der Waals surface area (Å²) in [7, 11) is 0. The summed E-state index contributed by atoms with van der Waals surface area (Å²) >= 11 is 0. The van der Waals surface area contributed by atoms with E-state index in [9.17, 15) is 14.9 Å². The van der Waals surface area contributed by atoms with Crippen LogP contribution in [0.1, 0.15) is 48.9 Å². The quantitative estimate of drug-likeness (QED) is 0.656. The van der Waals surface area contributed by atoms with Gasteiger partial charge in [-0.05, 0) is 61.9 Å². The molecule has 0 radical (unpaired) electrons. The van der Waals surface area contributed by atoms with E-state index in [1.165, 1.54) is 0 Å². The molecule has 0 aromatic heterocycles. The van der Waals surface area contributed by atoms with E-state index in [4.69, 9.17) is 5.73 Å². The molecule has 3 N–H and O–H groups in total. The van der Waals surface area contributed by atoms with Crippen LogP contribution in [0.25, 0.3) is 0 Å². The molecule has 0 saturated heterocycles. The van der Waals surface area contributed by atoms with Crippen molar-refractivity contribution in [3.05, 3.63) is 81.3 Å². The van der Waals surface area contributed by atoms with Crippen molar-refractivity contribution in [2.75, 3.05) is 10.2 Å². The first-order valence-electron chi connectivity index (χ1n) is 11.5. The van der Waals surface area contributed by atoms with Gasteiger partial charge in [-0.3, -0.25) is 14.5 Å². The van der Waals surface area contributed by atoms with Gasteiger partial charge in [-0.15, -0.1) is 0 Å². The topological polar surface area (TPSA) is 99.2 Å². The van der Waals surface area contributed by atoms with Gasteiger partial charge < -0.3 is 11.1 Å². The van der Waals surface area contributed by atoms with Crippen molar-refractivity contribution in [1.29, 1.82) is 5.26 Å². The monoisotopic (exact) mass is 452 g/mol. The van der Waals surface area contributed by atoms with Crippen molar-refractivity contribution in [2.45, 2.75) is 52.9 Å². The summed E-state index contributed by atoms with van der Waals surface area (Å²) in [6.07, 6.45) is 0.845. The van der Waals surface area contributed by atoms with E-state index in [1.807, 2.05) is 69.9 Å². The number of allylic oxidation sites excluding steroid dienone is 1. The van der Waals surface area contributed by atoms with Gasteiger partial charge in [0, 0.05) is 34.6 Å². The predicted molar refractivity (Wildman–Crippen MR) is 132 cm³/mol. The van der Waals surface area contributed by atoms with Crippen molar-refractivity contribution >= 4 is 23.1 Å². The highest BCUT2D eigenvalue weighted by atomic mass is 16.2. The Morgan fingerprint density at radius 2 is 1.68 bits per heavy atom. The Kier molecular flexibility index (Phi) is 4.57. The average Bonchev–Trinajstić information content (AvgIpc) is 2.98. The summed E-state index contributed by atoms with van der Waals surface area (Å²) in [5, 5.41) is 13.4. The minimum absolute atomic E-state index is 0.0975. The molecule has 1 aliphatic carbocycles. The van der Waals surface area contributed by atoms with Gasteiger partial charge >= 0.3 is 0 Å². The molecular formula is C28H28N4O2. The second-order valence-electron chi connectivity index (χ2n) is 10.6. The molecule has 6 nitrogen and oxygen atoms in total. The number of aryl methyl sites for hydroxylation is 3. The van der Waals surface area contributed by atoms with Crippen LogP contribution in [0.2, 0.25) is 0 Å². The number of nitrogens with one attached hydrogen (secondary N) is 1. The van der Waals surface area contributed by atoms with E-state index in [1.54, 1.807) is 0 Å². The zero-order chi connectivity index (χ0) is 24.6. The maximum absolute atomic E-state index is 13.9. The van der Waals surface area contributed by atoms with Gasteiger partial charge in [0.05, 0.1) is 5.57 Å². The second-order valence-corrected chi connectivity index (χ2v) is 10.6. The van der Waals surface area contributed by atoms with Crippen molar-refractivity contribution in [1.82, 2.24) is 0 Å². The standard InChI is InChI=1S/C28H28N4O2/c1-15-6-7-21-19(11-15)28(26(34)31-21)20(14-29)25(30)32(18-9-16(2)8-17(3)10-18)22-12-27(4,5)13-23(33)24(22)28/h6-11H,12-13,30H2,1-5H3,(H,31,34). The zero-order valence-corrected chi connectivity index (χ0v) is 20.2. The fourth-order valence-corrected chi connectivity index (χ4v) is 5.91. The van der Waals surface area contributed by atoms with Gasteiger partial charge in [-0.1, -0.05) is 37.6 Å². The maximum Gasteiger partial charge on any atom is 0.245 e. The molecule has 2 aromatic rings. The number of ketones is 1. The van der Waals surface area contributed by atoms with Crippen LogP contribution in [0.4, 0.5) is 11.4 Å². The number of hydrogen-bond donors (Lipinski definition) is 2. The lowest BCUT2D eigenvalue weighted by atomic mass is 9.60. The third-order valence-electron chi connectivity index (χ3n) is 7.11. The molecule has 0 fully saturated rings. The molecule has 5 rings (SSSR count). The number of rotatable bonds is 1. The summed E-state index contributed by atoms with van der Waals surface area (Å²) in [6.45, 7) is 10.0. The highest BCUT2D eigenvalue weighted by Gasteiger charge is 2.61. The molecule has 2 heterocycles. The lowest BCUT2D eigenvalue weighted by molar-refractivity contribution is -0.123. The minimum Gasteiger partial charge on any atom is -0.384 e. The Hall–Kier alpha value is -3.85. The molecule has 0 saturated carbocycles. The molecule has 1 spiro atoms. The van der Waals surface area contributed by atoms with Crippen LogP contribution in [0.5, 0.6) is 0 Å². The van der Waals surface area contributed by atoms with E-state index < -0.39 is 11.3 Å². The molecule has 3 aliphatic rings. The van der Waals surface area contributed by atoms with E-state index in [-0.39, 0.29) is 22.6 Å². The molecule has 6 heteroatoms. The molecule has 2 aliphatic heterocycles. The van der Waals surface area contributed by atoms with Crippen LogP contribution in [0.15, 0.2) is 59.1 Å². The number of fused-ring (bicyclic) bond motifs is 3. The van der Waals surface area contributed by atoms with Gasteiger partial charge in [0.25, 0.3) is 0 Å². The number of nitrogens with zero attached hydrogens (tertiary/aromatic N) is 2. The second kappa shape index (κ2) is 7.07. The molecule has 1 atom stereocenters. The number of carbonyl (C=O) groups is 2. The Balaban J connectivity index is 1.92. The fourth-order valence-electron chi connectivity index (χ4n) is 5.91. The number of benzene rings is 2. The summed E-state index contributed by atoms with van der Waals surface area (Å²) in [6, 6.07) is 13.9. The van der Waals surface area contributed by atoms with Crippen LogP contribution < -0.4 is 16.0 Å². The molecular weight excluding hydrogens is 424 g/mol.